The predicted molar refractivity (Wildman–Crippen MR) is 84.8 cm³/mol. The van der Waals surface area contributed by atoms with E-state index in [-0.39, 0.29) is 0 Å². The van der Waals surface area contributed by atoms with Gasteiger partial charge in [0.05, 0.1) is 0 Å². The van der Waals surface area contributed by atoms with Gasteiger partial charge in [-0.15, -0.1) is 0 Å². The second-order valence-electron chi connectivity index (χ2n) is 4.91. The van der Waals surface area contributed by atoms with E-state index >= 15 is 0 Å². The van der Waals surface area contributed by atoms with Gasteiger partial charge in [-0.1, -0.05) is 32.8 Å². The number of aryl methyl sites for hydroxylation is 2. The Morgan fingerprint density at radius 2 is 1.23 bits per heavy atom. The van der Waals surface area contributed by atoms with Gasteiger partial charge in [-0.3, -0.25) is 14.4 Å². The summed E-state index contributed by atoms with van der Waals surface area (Å²) in [5, 5.41) is 7.42. The van der Waals surface area contributed by atoms with Gasteiger partial charge in [0.2, 0.25) is 11.8 Å². The largest absolute Gasteiger partial charge is 0.481 e. The Balaban J connectivity index is 0.000000980. The first-order valence-electron chi connectivity index (χ1n) is 7.19. The van der Waals surface area contributed by atoms with Crippen LogP contribution in [0.25, 0.3) is 0 Å². The van der Waals surface area contributed by atoms with E-state index in [1.54, 1.807) is 6.07 Å². The number of benzene rings is 1. The fourth-order valence-corrected chi connectivity index (χ4v) is 2.11. The standard InChI is InChI=1S/C14H20N2O2.C2H4O2/c1-3-5-9-7-10(6-4-2)12(14(16)18)8-11(9)13(15)17;1-2(3)4/h7-8H,3-6H2,1-2H3,(H2,15,17)(H2,16,18);1H3,(H,3,4). The van der Waals surface area contributed by atoms with E-state index in [2.05, 4.69) is 0 Å². The first-order valence-corrected chi connectivity index (χ1v) is 7.19. The van der Waals surface area contributed by atoms with Crippen LogP contribution in [0.5, 0.6) is 0 Å². The molecule has 0 aliphatic rings. The lowest BCUT2D eigenvalue weighted by Gasteiger charge is -2.12. The lowest BCUT2D eigenvalue weighted by Crippen LogP contribution is -2.19. The molecule has 1 rings (SSSR count). The molecular formula is C16H24N2O4. The van der Waals surface area contributed by atoms with Crippen molar-refractivity contribution in [2.75, 3.05) is 0 Å². The smallest absolute Gasteiger partial charge is 0.300 e. The Morgan fingerprint density at radius 1 is 0.909 bits per heavy atom. The maximum absolute atomic E-state index is 11.4. The SMILES string of the molecule is CC(=O)O.CCCc1cc(CCC)c(C(N)=O)cc1C(N)=O. The number of nitrogens with two attached hydrogens (primary N) is 2. The highest BCUT2D eigenvalue weighted by molar-refractivity contribution is 6.00. The summed E-state index contributed by atoms with van der Waals surface area (Å²) in [6.45, 7) is 5.15. The van der Waals surface area contributed by atoms with E-state index in [4.69, 9.17) is 21.4 Å². The van der Waals surface area contributed by atoms with Crippen molar-refractivity contribution in [2.24, 2.45) is 11.5 Å². The van der Waals surface area contributed by atoms with Gasteiger partial charge >= 0.3 is 0 Å². The molecule has 6 heteroatoms. The molecule has 0 saturated heterocycles. The lowest BCUT2D eigenvalue weighted by molar-refractivity contribution is -0.134. The van der Waals surface area contributed by atoms with Crippen LogP contribution < -0.4 is 11.5 Å². The van der Waals surface area contributed by atoms with Gasteiger partial charge < -0.3 is 16.6 Å². The minimum Gasteiger partial charge on any atom is -0.481 e. The van der Waals surface area contributed by atoms with Crippen molar-refractivity contribution in [1.82, 2.24) is 0 Å². The van der Waals surface area contributed by atoms with Crippen LogP contribution in [-0.4, -0.2) is 22.9 Å². The highest BCUT2D eigenvalue weighted by Gasteiger charge is 2.15. The van der Waals surface area contributed by atoms with Crippen LogP contribution in [0.3, 0.4) is 0 Å². The molecule has 0 radical (unpaired) electrons. The maximum Gasteiger partial charge on any atom is 0.300 e. The number of carboxylic acids is 1. The van der Waals surface area contributed by atoms with Gasteiger partial charge in [0, 0.05) is 18.1 Å². The summed E-state index contributed by atoms with van der Waals surface area (Å²) in [6, 6.07) is 3.44. The van der Waals surface area contributed by atoms with Gasteiger partial charge in [0.1, 0.15) is 0 Å². The van der Waals surface area contributed by atoms with Crippen molar-refractivity contribution in [3.05, 3.63) is 34.4 Å². The minimum atomic E-state index is -0.833. The maximum atomic E-state index is 11.4. The highest BCUT2D eigenvalue weighted by atomic mass is 16.4. The quantitative estimate of drug-likeness (QED) is 0.742. The Hall–Kier alpha value is -2.37. The molecule has 2 amide bonds. The Kier molecular flexibility index (Phi) is 8.52. The molecule has 1 aromatic carbocycles. The van der Waals surface area contributed by atoms with Gasteiger partial charge in [-0.2, -0.15) is 0 Å². The molecule has 0 aliphatic carbocycles. The molecule has 0 aliphatic heterocycles. The number of carbonyl (C=O) groups excluding carboxylic acids is 2. The van der Waals surface area contributed by atoms with Gasteiger partial charge in [-0.25, -0.2) is 0 Å². The van der Waals surface area contributed by atoms with E-state index in [9.17, 15) is 9.59 Å². The molecule has 6 nitrogen and oxygen atoms in total. The highest BCUT2D eigenvalue weighted by Crippen LogP contribution is 2.20. The van der Waals surface area contributed by atoms with Gasteiger partial charge in [0.25, 0.3) is 5.97 Å². The third kappa shape index (κ3) is 6.39. The molecule has 0 aromatic heterocycles. The molecule has 0 saturated carbocycles. The molecule has 0 spiro atoms. The van der Waals surface area contributed by atoms with Crippen molar-refractivity contribution >= 4 is 17.8 Å². The number of carboxylic acid groups (broad SMARTS) is 1. The van der Waals surface area contributed by atoms with Crippen LogP contribution in [0.1, 0.15) is 65.5 Å². The third-order valence-corrected chi connectivity index (χ3v) is 2.90. The minimum absolute atomic E-state index is 0.408. The topological polar surface area (TPSA) is 123 Å². The fourth-order valence-electron chi connectivity index (χ4n) is 2.11. The molecule has 122 valence electrons. The molecule has 0 unspecified atom stereocenters. The zero-order valence-electron chi connectivity index (χ0n) is 13.3. The summed E-state index contributed by atoms with van der Waals surface area (Å²) < 4.78 is 0. The molecular weight excluding hydrogens is 284 g/mol. The van der Waals surface area contributed by atoms with Crippen LogP contribution in [0.4, 0.5) is 0 Å². The number of hydrogen-bond donors (Lipinski definition) is 3. The number of rotatable bonds is 6. The molecule has 22 heavy (non-hydrogen) atoms. The van der Waals surface area contributed by atoms with E-state index in [1.165, 1.54) is 0 Å². The predicted octanol–water partition coefficient (Wildman–Crippen LogP) is 1.88. The van der Waals surface area contributed by atoms with E-state index < -0.39 is 17.8 Å². The first kappa shape index (κ1) is 19.6. The molecule has 0 atom stereocenters. The fraction of sp³-hybridized carbons (Fsp3) is 0.438. The Labute approximate surface area is 130 Å². The summed E-state index contributed by atoms with van der Waals surface area (Å²) in [5.74, 6) is -1.85. The van der Waals surface area contributed by atoms with Gasteiger partial charge in [-0.05, 0) is 30.0 Å². The van der Waals surface area contributed by atoms with Gasteiger partial charge in [0.15, 0.2) is 0 Å². The van der Waals surface area contributed by atoms with Crippen molar-refractivity contribution in [2.45, 2.75) is 46.5 Å². The van der Waals surface area contributed by atoms with Crippen molar-refractivity contribution < 1.29 is 19.5 Å². The zero-order chi connectivity index (χ0) is 17.3. The molecule has 0 bridgehead atoms. The molecule has 0 fully saturated rings. The monoisotopic (exact) mass is 308 g/mol. The number of amides is 2. The second kappa shape index (κ2) is 9.55. The van der Waals surface area contributed by atoms with Crippen LogP contribution in [0, 0.1) is 0 Å². The van der Waals surface area contributed by atoms with Crippen molar-refractivity contribution in [3.8, 4) is 0 Å². The lowest BCUT2D eigenvalue weighted by atomic mass is 9.93. The van der Waals surface area contributed by atoms with E-state index in [0.29, 0.717) is 11.1 Å². The van der Waals surface area contributed by atoms with E-state index in [0.717, 1.165) is 43.7 Å². The average Bonchev–Trinajstić information content (AvgIpc) is 2.38. The average molecular weight is 308 g/mol. The normalized spacial score (nSPS) is 9.59. The van der Waals surface area contributed by atoms with E-state index in [1.807, 2.05) is 19.9 Å². The number of carbonyl (C=O) groups is 3. The molecule has 5 N–H and O–H groups in total. The zero-order valence-corrected chi connectivity index (χ0v) is 13.3. The van der Waals surface area contributed by atoms with Crippen LogP contribution in [0.15, 0.2) is 12.1 Å². The molecule has 0 heterocycles. The Morgan fingerprint density at radius 3 is 1.45 bits per heavy atom. The summed E-state index contributed by atoms with van der Waals surface area (Å²) in [6.07, 6.45) is 3.38. The summed E-state index contributed by atoms with van der Waals surface area (Å²) in [4.78, 5) is 31.8. The number of aliphatic carboxylic acids is 1. The van der Waals surface area contributed by atoms with Crippen LogP contribution in [0.2, 0.25) is 0 Å². The van der Waals surface area contributed by atoms with Crippen LogP contribution >= 0.6 is 0 Å². The molecule has 1 aromatic rings. The first-order chi connectivity index (χ1) is 10.2. The van der Waals surface area contributed by atoms with Crippen LogP contribution in [-0.2, 0) is 17.6 Å². The summed E-state index contributed by atoms with van der Waals surface area (Å²) in [5.41, 5.74) is 13.3. The summed E-state index contributed by atoms with van der Waals surface area (Å²) in [7, 11) is 0. The van der Waals surface area contributed by atoms with Crippen molar-refractivity contribution in [1.29, 1.82) is 0 Å². The Bertz CT molecular complexity index is 510. The van der Waals surface area contributed by atoms with Crippen molar-refractivity contribution in [3.63, 3.8) is 0 Å². The number of hydrogen-bond acceptors (Lipinski definition) is 3. The second-order valence-corrected chi connectivity index (χ2v) is 4.91. The number of primary amides is 2. The third-order valence-electron chi connectivity index (χ3n) is 2.90. The summed E-state index contributed by atoms with van der Waals surface area (Å²) >= 11 is 0.